The molecule has 2 aliphatic rings. The summed E-state index contributed by atoms with van der Waals surface area (Å²) < 4.78 is 17.2. The van der Waals surface area contributed by atoms with Crippen molar-refractivity contribution in [3.63, 3.8) is 0 Å². The van der Waals surface area contributed by atoms with E-state index in [1.807, 2.05) is 37.3 Å². The van der Waals surface area contributed by atoms with Crippen LogP contribution in [-0.4, -0.2) is 49.8 Å². The maximum atomic E-state index is 12.4. The van der Waals surface area contributed by atoms with Gasteiger partial charge in [-0.3, -0.25) is 9.69 Å². The van der Waals surface area contributed by atoms with Crippen LogP contribution < -0.4 is 19.5 Å². The fraction of sp³-hybridized carbons (Fsp3) is 0.409. The monoisotopic (exact) mass is 382 g/mol. The van der Waals surface area contributed by atoms with Gasteiger partial charge in [-0.15, -0.1) is 0 Å². The number of rotatable bonds is 6. The second kappa shape index (κ2) is 8.52. The van der Waals surface area contributed by atoms with Crippen LogP contribution in [0, 0.1) is 0 Å². The molecule has 1 amide bonds. The fourth-order valence-electron chi connectivity index (χ4n) is 3.63. The summed E-state index contributed by atoms with van der Waals surface area (Å²) in [6, 6.07) is 13.8. The average Bonchev–Trinajstić information content (AvgIpc) is 2.72. The highest BCUT2D eigenvalue weighted by Crippen LogP contribution is 2.30. The first kappa shape index (κ1) is 18.6. The molecule has 0 saturated carbocycles. The Kier molecular flexibility index (Phi) is 5.67. The number of hydrogen-bond donors (Lipinski definition) is 1. The zero-order valence-electron chi connectivity index (χ0n) is 16.1. The molecule has 2 heterocycles. The number of benzene rings is 2. The minimum atomic E-state index is -0.172. The van der Waals surface area contributed by atoms with Crippen molar-refractivity contribution in [2.75, 3.05) is 32.8 Å². The van der Waals surface area contributed by atoms with Gasteiger partial charge >= 0.3 is 0 Å². The van der Waals surface area contributed by atoms with E-state index in [2.05, 4.69) is 22.3 Å². The molecule has 6 heteroatoms. The standard InChI is InChI=1S/C22H26N2O4/c1-2-26-18-8-7-16-9-10-24(13-17(16)11-18)14-22(25)23-12-19-15-27-20-5-3-4-6-21(20)28-19/h3-8,11,19H,2,9-10,12-15H2,1H3,(H,23,25). The van der Waals surface area contributed by atoms with Crippen molar-refractivity contribution in [3.05, 3.63) is 53.6 Å². The summed E-state index contributed by atoms with van der Waals surface area (Å²) in [6.07, 6.45) is 0.778. The van der Waals surface area contributed by atoms with Crippen LogP contribution in [0.4, 0.5) is 0 Å². The highest BCUT2D eigenvalue weighted by Gasteiger charge is 2.23. The van der Waals surface area contributed by atoms with Gasteiger partial charge in [-0.2, -0.15) is 0 Å². The van der Waals surface area contributed by atoms with E-state index in [9.17, 15) is 4.79 Å². The second-order valence-electron chi connectivity index (χ2n) is 7.13. The van der Waals surface area contributed by atoms with Crippen LogP contribution in [0.2, 0.25) is 0 Å². The summed E-state index contributed by atoms with van der Waals surface area (Å²) in [5.74, 6) is 2.38. The summed E-state index contributed by atoms with van der Waals surface area (Å²) in [7, 11) is 0. The van der Waals surface area contributed by atoms with Gasteiger partial charge in [0.15, 0.2) is 11.5 Å². The van der Waals surface area contributed by atoms with Crippen LogP contribution in [0.3, 0.4) is 0 Å². The van der Waals surface area contributed by atoms with Crippen LogP contribution in [0.15, 0.2) is 42.5 Å². The zero-order chi connectivity index (χ0) is 19.3. The van der Waals surface area contributed by atoms with Gasteiger partial charge in [0.1, 0.15) is 18.5 Å². The molecule has 0 spiro atoms. The number of ether oxygens (including phenoxy) is 3. The van der Waals surface area contributed by atoms with Crippen molar-refractivity contribution >= 4 is 5.91 Å². The van der Waals surface area contributed by atoms with Crippen molar-refractivity contribution in [3.8, 4) is 17.2 Å². The smallest absolute Gasteiger partial charge is 0.234 e. The Bertz CT molecular complexity index is 839. The van der Waals surface area contributed by atoms with E-state index in [1.165, 1.54) is 11.1 Å². The van der Waals surface area contributed by atoms with E-state index in [1.54, 1.807) is 0 Å². The summed E-state index contributed by atoms with van der Waals surface area (Å²) in [5.41, 5.74) is 2.58. The number of carbonyl (C=O) groups is 1. The SMILES string of the molecule is CCOc1ccc2c(c1)CN(CC(=O)NCC1COc3ccccc3O1)CC2. The minimum absolute atomic E-state index is 0.00636. The van der Waals surface area contributed by atoms with E-state index in [-0.39, 0.29) is 12.0 Å². The lowest BCUT2D eigenvalue weighted by Gasteiger charge is -2.29. The van der Waals surface area contributed by atoms with Crippen molar-refractivity contribution in [1.29, 1.82) is 0 Å². The van der Waals surface area contributed by atoms with Gasteiger partial charge in [-0.25, -0.2) is 0 Å². The first-order valence-electron chi connectivity index (χ1n) is 9.83. The molecule has 1 unspecified atom stereocenters. The van der Waals surface area contributed by atoms with Crippen LogP contribution in [-0.2, 0) is 17.8 Å². The van der Waals surface area contributed by atoms with Crippen LogP contribution in [0.5, 0.6) is 17.2 Å². The number of fused-ring (bicyclic) bond motifs is 2. The molecule has 0 fully saturated rings. The Balaban J connectivity index is 1.26. The van der Waals surface area contributed by atoms with E-state index in [0.717, 1.165) is 36.8 Å². The largest absolute Gasteiger partial charge is 0.494 e. The lowest BCUT2D eigenvalue weighted by Crippen LogP contribution is -2.45. The van der Waals surface area contributed by atoms with Crippen molar-refractivity contribution in [1.82, 2.24) is 10.2 Å². The summed E-state index contributed by atoms with van der Waals surface area (Å²) >= 11 is 0. The molecule has 0 radical (unpaired) electrons. The van der Waals surface area contributed by atoms with Crippen molar-refractivity contribution < 1.29 is 19.0 Å². The molecule has 28 heavy (non-hydrogen) atoms. The number of carbonyl (C=O) groups excluding carboxylic acids is 1. The molecule has 0 saturated heterocycles. The van der Waals surface area contributed by atoms with Crippen LogP contribution >= 0.6 is 0 Å². The van der Waals surface area contributed by atoms with Crippen LogP contribution in [0.25, 0.3) is 0 Å². The molecule has 6 nitrogen and oxygen atoms in total. The third-order valence-electron chi connectivity index (χ3n) is 5.04. The quantitative estimate of drug-likeness (QED) is 0.831. The second-order valence-corrected chi connectivity index (χ2v) is 7.13. The van der Waals surface area contributed by atoms with Gasteiger partial charge in [-0.05, 0) is 48.7 Å². The molecular weight excluding hydrogens is 356 g/mol. The van der Waals surface area contributed by atoms with E-state index in [0.29, 0.717) is 26.3 Å². The highest BCUT2D eigenvalue weighted by molar-refractivity contribution is 5.78. The minimum Gasteiger partial charge on any atom is -0.494 e. The van der Waals surface area contributed by atoms with Gasteiger partial charge in [0.2, 0.25) is 5.91 Å². The van der Waals surface area contributed by atoms with Gasteiger partial charge in [0.05, 0.1) is 19.7 Å². The topological polar surface area (TPSA) is 60.0 Å². The third kappa shape index (κ3) is 4.39. The predicted octanol–water partition coefficient (Wildman–Crippen LogP) is 2.40. The molecule has 1 atom stereocenters. The molecule has 2 aliphatic heterocycles. The van der Waals surface area contributed by atoms with Gasteiger partial charge in [0.25, 0.3) is 0 Å². The predicted molar refractivity (Wildman–Crippen MR) is 106 cm³/mol. The van der Waals surface area contributed by atoms with Crippen molar-refractivity contribution in [2.45, 2.75) is 26.0 Å². The first-order valence-corrected chi connectivity index (χ1v) is 9.83. The average molecular weight is 382 g/mol. The molecule has 148 valence electrons. The number of nitrogens with one attached hydrogen (secondary N) is 1. The Morgan fingerprint density at radius 1 is 1.21 bits per heavy atom. The molecular formula is C22H26N2O4. The molecule has 1 N–H and O–H groups in total. The fourth-order valence-corrected chi connectivity index (χ4v) is 3.63. The Hall–Kier alpha value is -2.73. The summed E-state index contributed by atoms with van der Waals surface area (Å²) in [6.45, 7) is 5.53. The lowest BCUT2D eigenvalue weighted by molar-refractivity contribution is -0.123. The Morgan fingerprint density at radius 3 is 2.93 bits per heavy atom. The summed E-state index contributed by atoms with van der Waals surface area (Å²) in [4.78, 5) is 14.6. The molecule has 4 rings (SSSR count). The molecule has 2 aromatic rings. The maximum Gasteiger partial charge on any atom is 0.234 e. The van der Waals surface area contributed by atoms with E-state index >= 15 is 0 Å². The maximum absolute atomic E-state index is 12.4. The third-order valence-corrected chi connectivity index (χ3v) is 5.04. The van der Waals surface area contributed by atoms with Crippen molar-refractivity contribution in [2.24, 2.45) is 0 Å². The Labute approximate surface area is 165 Å². The number of hydrogen-bond acceptors (Lipinski definition) is 5. The van der Waals surface area contributed by atoms with E-state index < -0.39 is 0 Å². The number of nitrogens with zero attached hydrogens (tertiary/aromatic N) is 1. The van der Waals surface area contributed by atoms with Gasteiger partial charge in [0, 0.05) is 13.1 Å². The normalized spacial score (nSPS) is 18.2. The van der Waals surface area contributed by atoms with E-state index in [4.69, 9.17) is 14.2 Å². The highest BCUT2D eigenvalue weighted by atomic mass is 16.6. The summed E-state index contributed by atoms with van der Waals surface area (Å²) in [5, 5.41) is 2.98. The van der Waals surface area contributed by atoms with Gasteiger partial charge < -0.3 is 19.5 Å². The Morgan fingerprint density at radius 2 is 2.07 bits per heavy atom. The molecule has 2 aromatic carbocycles. The number of amides is 1. The van der Waals surface area contributed by atoms with Crippen LogP contribution in [0.1, 0.15) is 18.1 Å². The lowest BCUT2D eigenvalue weighted by atomic mass is 9.99. The first-order chi connectivity index (χ1) is 13.7. The molecule has 0 aliphatic carbocycles. The zero-order valence-corrected chi connectivity index (χ0v) is 16.1. The van der Waals surface area contributed by atoms with Gasteiger partial charge in [-0.1, -0.05) is 18.2 Å². The molecule has 0 bridgehead atoms. The molecule has 0 aromatic heterocycles. The number of para-hydroxylation sites is 2.